The molecule has 5 N–H and O–H groups in total. The number of anilines is 1. The van der Waals surface area contributed by atoms with Crippen molar-refractivity contribution in [2.45, 2.75) is 56.3 Å². The lowest BCUT2D eigenvalue weighted by Gasteiger charge is -2.32. The molecule has 2 saturated heterocycles. The van der Waals surface area contributed by atoms with Gasteiger partial charge in [-0.1, -0.05) is 72.8 Å². The fourth-order valence-electron chi connectivity index (χ4n) is 5.52. The molecule has 2 aliphatic heterocycles. The summed E-state index contributed by atoms with van der Waals surface area (Å²) in [5, 5.41) is 8.70. The van der Waals surface area contributed by atoms with E-state index < -0.39 is 36.0 Å². The molecule has 0 radical (unpaired) electrons. The van der Waals surface area contributed by atoms with Gasteiger partial charge in [-0.25, -0.2) is 0 Å². The molecule has 4 atom stereocenters. The SMILES string of the molecule is Nc1ccc(C[C@H]2NC(=O)[C@H](Cc3ccccc3)NC(=O)[C@H]3CCCN3C(=O)[C@H](Cc3ccccc3)NC2=O)cc1. The van der Waals surface area contributed by atoms with E-state index in [1.165, 1.54) is 0 Å². The lowest BCUT2D eigenvalue weighted by Crippen LogP contribution is -2.62. The van der Waals surface area contributed by atoms with Gasteiger partial charge in [-0.15, -0.1) is 0 Å². The predicted molar refractivity (Wildman–Crippen MR) is 155 cm³/mol. The molecule has 0 unspecified atom stereocenters. The van der Waals surface area contributed by atoms with Crippen LogP contribution in [0.2, 0.25) is 0 Å². The number of rotatable bonds is 6. The number of carbonyl (C=O) groups is 4. The molecule has 0 aromatic heterocycles. The van der Waals surface area contributed by atoms with Crippen LogP contribution in [0.4, 0.5) is 5.69 Å². The highest BCUT2D eigenvalue weighted by Crippen LogP contribution is 2.21. The molecule has 2 fully saturated rings. The first kappa shape index (κ1) is 27.9. The number of benzene rings is 3. The zero-order valence-electron chi connectivity index (χ0n) is 22.8. The molecule has 9 nitrogen and oxygen atoms in total. The third-order valence-electron chi connectivity index (χ3n) is 7.70. The topological polar surface area (TPSA) is 134 Å². The van der Waals surface area contributed by atoms with Crippen LogP contribution >= 0.6 is 0 Å². The molecular weight excluding hydrogens is 518 g/mol. The molecule has 3 aromatic carbocycles. The molecular formula is C32H35N5O4. The molecule has 9 heteroatoms. The first-order valence-corrected chi connectivity index (χ1v) is 14.0. The molecule has 41 heavy (non-hydrogen) atoms. The summed E-state index contributed by atoms with van der Waals surface area (Å²) in [7, 11) is 0. The number of nitrogen functional groups attached to an aromatic ring is 1. The second-order valence-electron chi connectivity index (χ2n) is 10.7. The fraction of sp³-hybridized carbons (Fsp3) is 0.312. The zero-order valence-corrected chi connectivity index (χ0v) is 22.8. The third kappa shape index (κ3) is 6.92. The summed E-state index contributed by atoms with van der Waals surface area (Å²) in [5.74, 6) is -1.61. The fourth-order valence-corrected chi connectivity index (χ4v) is 5.52. The number of hydrogen-bond donors (Lipinski definition) is 4. The van der Waals surface area contributed by atoms with Gasteiger partial charge < -0.3 is 26.6 Å². The van der Waals surface area contributed by atoms with Gasteiger partial charge >= 0.3 is 0 Å². The molecule has 0 aliphatic carbocycles. The maximum absolute atomic E-state index is 13.9. The van der Waals surface area contributed by atoms with E-state index in [9.17, 15) is 19.2 Å². The van der Waals surface area contributed by atoms with E-state index in [1.807, 2.05) is 60.7 Å². The van der Waals surface area contributed by atoms with Crippen molar-refractivity contribution in [1.82, 2.24) is 20.9 Å². The second kappa shape index (κ2) is 12.7. The number of amides is 4. The van der Waals surface area contributed by atoms with Crippen molar-refractivity contribution in [2.75, 3.05) is 12.3 Å². The van der Waals surface area contributed by atoms with E-state index in [1.54, 1.807) is 29.2 Å². The minimum absolute atomic E-state index is 0.183. The van der Waals surface area contributed by atoms with Crippen molar-refractivity contribution in [3.8, 4) is 0 Å². The minimum atomic E-state index is -0.985. The summed E-state index contributed by atoms with van der Waals surface area (Å²) in [4.78, 5) is 56.5. The molecule has 0 saturated carbocycles. The molecule has 0 bridgehead atoms. The standard InChI is InChI=1S/C32H35N5O4/c33-24-15-13-23(14-16-24)19-25-30(39)36-27(20-22-10-5-2-6-11-22)32(41)37-17-7-12-28(37)31(40)35-26(29(38)34-25)18-21-8-3-1-4-9-21/h1-6,8-11,13-16,25-28H,7,12,17-20,33H2,(H,34,38)(H,35,40)(H,36,39)/t25-,26+,27+,28-/m1/s1. The molecule has 0 spiro atoms. The van der Waals surface area contributed by atoms with E-state index in [4.69, 9.17) is 5.73 Å². The number of nitrogens with one attached hydrogen (secondary N) is 3. The van der Waals surface area contributed by atoms with Crippen molar-refractivity contribution < 1.29 is 19.2 Å². The Morgan fingerprint density at radius 1 is 0.610 bits per heavy atom. The van der Waals surface area contributed by atoms with Gasteiger partial charge in [0.2, 0.25) is 23.6 Å². The molecule has 3 aromatic rings. The number of nitrogens with zero attached hydrogens (tertiary/aromatic N) is 1. The van der Waals surface area contributed by atoms with Crippen molar-refractivity contribution in [2.24, 2.45) is 0 Å². The highest BCUT2D eigenvalue weighted by Gasteiger charge is 2.40. The lowest BCUT2D eigenvalue weighted by atomic mass is 9.99. The normalized spacial score (nSPS) is 23.5. The van der Waals surface area contributed by atoms with Gasteiger partial charge in [0.1, 0.15) is 24.2 Å². The van der Waals surface area contributed by atoms with Crippen LogP contribution in [0.3, 0.4) is 0 Å². The van der Waals surface area contributed by atoms with Gasteiger partial charge in [0.15, 0.2) is 0 Å². The van der Waals surface area contributed by atoms with Gasteiger partial charge in [-0.3, -0.25) is 19.2 Å². The second-order valence-corrected chi connectivity index (χ2v) is 10.7. The molecule has 2 heterocycles. The maximum atomic E-state index is 13.9. The molecule has 212 valence electrons. The van der Waals surface area contributed by atoms with Crippen molar-refractivity contribution in [3.05, 3.63) is 102 Å². The molecule has 2 aliphatic rings. The van der Waals surface area contributed by atoms with Crippen molar-refractivity contribution in [3.63, 3.8) is 0 Å². The van der Waals surface area contributed by atoms with Crippen LogP contribution in [0.5, 0.6) is 0 Å². The van der Waals surface area contributed by atoms with Crippen LogP contribution in [-0.2, 0) is 38.4 Å². The summed E-state index contributed by atoms with van der Waals surface area (Å²) in [6, 6.07) is 22.3. The number of hydrogen-bond acceptors (Lipinski definition) is 5. The summed E-state index contributed by atoms with van der Waals surface area (Å²) < 4.78 is 0. The maximum Gasteiger partial charge on any atom is 0.246 e. The minimum Gasteiger partial charge on any atom is -0.399 e. The Hall–Kier alpha value is -4.66. The average Bonchev–Trinajstić information content (AvgIpc) is 3.48. The first-order chi connectivity index (χ1) is 19.9. The van der Waals surface area contributed by atoms with Crippen LogP contribution in [0, 0.1) is 0 Å². The third-order valence-corrected chi connectivity index (χ3v) is 7.70. The smallest absolute Gasteiger partial charge is 0.246 e. The number of fused-ring (bicyclic) bond motifs is 1. The van der Waals surface area contributed by atoms with Gasteiger partial charge in [0.25, 0.3) is 0 Å². The van der Waals surface area contributed by atoms with E-state index >= 15 is 0 Å². The van der Waals surface area contributed by atoms with Crippen molar-refractivity contribution in [1.29, 1.82) is 0 Å². The Kier molecular flexibility index (Phi) is 8.62. The molecule has 5 rings (SSSR count). The van der Waals surface area contributed by atoms with Crippen LogP contribution < -0.4 is 21.7 Å². The van der Waals surface area contributed by atoms with Crippen LogP contribution in [0.15, 0.2) is 84.9 Å². The van der Waals surface area contributed by atoms with Gasteiger partial charge in [-0.05, 0) is 41.7 Å². The van der Waals surface area contributed by atoms with Crippen molar-refractivity contribution >= 4 is 29.3 Å². The summed E-state index contributed by atoms with van der Waals surface area (Å²) in [6.07, 6.45) is 1.83. The van der Waals surface area contributed by atoms with Gasteiger partial charge in [-0.2, -0.15) is 0 Å². The Labute approximate surface area is 239 Å². The summed E-state index contributed by atoms with van der Waals surface area (Å²) >= 11 is 0. The highest BCUT2D eigenvalue weighted by atomic mass is 16.2. The van der Waals surface area contributed by atoms with E-state index in [2.05, 4.69) is 16.0 Å². The number of nitrogens with two attached hydrogens (primary N) is 1. The summed E-state index contributed by atoms with van der Waals surface area (Å²) in [5.41, 5.74) is 8.96. The van der Waals surface area contributed by atoms with Gasteiger partial charge in [0, 0.05) is 31.5 Å². The monoisotopic (exact) mass is 553 g/mol. The lowest BCUT2D eigenvalue weighted by molar-refractivity contribution is -0.143. The average molecular weight is 554 g/mol. The Bertz CT molecular complexity index is 1380. The van der Waals surface area contributed by atoms with E-state index in [-0.39, 0.29) is 31.1 Å². The molecule has 4 amide bonds. The first-order valence-electron chi connectivity index (χ1n) is 14.0. The highest BCUT2D eigenvalue weighted by molar-refractivity contribution is 5.98. The van der Waals surface area contributed by atoms with Crippen LogP contribution in [0.1, 0.15) is 29.5 Å². The van der Waals surface area contributed by atoms with Crippen LogP contribution in [-0.4, -0.2) is 59.2 Å². The Morgan fingerprint density at radius 2 is 1.07 bits per heavy atom. The number of carbonyl (C=O) groups excluding carboxylic acids is 4. The zero-order chi connectivity index (χ0) is 28.8. The quantitative estimate of drug-likeness (QED) is 0.345. The van der Waals surface area contributed by atoms with E-state index in [0.29, 0.717) is 25.1 Å². The Balaban J connectivity index is 1.49. The largest absolute Gasteiger partial charge is 0.399 e. The van der Waals surface area contributed by atoms with E-state index in [0.717, 1.165) is 16.7 Å². The predicted octanol–water partition coefficient (Wildman–Crippen LogP) is 1.76. The Morgan fingerprint density at radius 3 is 1.63 bits per heavy atom. The summed E-state index contributed by atoms with van der Waals surface area (Å²) in [6.45, 7) is 0.405. The van der Waals surface area contributed by atoms with Gasteiger partial charge in [0.05, 0.1) is 0 Å². The van der Waals surface area contributed by atoms with Crippen LogP contribution in [0.25, 0.3) is 0 Å².